The van der Waals surface area contributed by atoms with Crippen LogP contribution in [0.4, 0.5) is 0 Å². The van der Waals surface area contributed by atoms with Crippen molar-refractivity contribution >= 4 is 12.2 Å². The average molecular weight is 419 g/mol. The Kier molecular flexibility index (Phi) is 7.65. The van der Waals surface area contributed by atoms with Crippen molar-refractivity contribution in [3.63, 3.8) is 0 Å². The number of oxime groups is 1. The van der Waals surface area contributed by atoms with Gasteiger partial charge in [0.2, 0.25) is 6.61 Å². The van der Waals surface area contributed by atoms with E-state index >= 15 is 0 Å². The highest BCUT2D eigenvalue weighted by Gasteiger charge is 2.05. The quantitative estimate of drug-likeness (QED) is 0.374. The number of rotatable bonds is 10. The Bertz CT molecular complexity index is 959. The van der Waals surface area contributed by atoms with Gasteiger partial charge < -0.3 is 19.4 Å². The van der Waals surface area contributed by atoms with Crippen LogP contribution in [0.5, 0.6) is 11.5 Å². The van der Waals surface area contributed by atoms with Crippen LogP contribution in [0.3, 0.4) is 0 Å². The standard InChI is InChI=1S/C25H25NO5/c1-18-3-7-20(8-4-18)15-29-23-11-22(14-26-31-17-25(27)28)12-24(13-23)30-16-21-9-5-19(2)6-10-21/h3-14H,15-17H2,1-2H3,(H,27,28)/b26-14+. The molecule has 31 heavy (non-hydrogen) atoms. The van der Waals surface area contributed by atoms with E-state index in [9.17, 15) is 4.79 Å². The predicted molar refractivity (Wildman–Crippen MR) is 119 cm³/mol. The molecule has 6 nitrogen and oxygen atoms in total. The highest BCUT2D eigenvalue weighted by molar-refractivity contribution is 5.80. The van der Waals surface area contributed by atoms with E-state index in [0.29, 0.717) is 30.3 Å². The first-order valence-corrected chi connectivity index (χ1v) is 9.87. The molecule has 0 spiro atoms. The summed E-state index contributed by atoms with van der Waals surface area (Å²) in [7, 11) is 0. The minimum atomic E-state index is -1.09. The summed E-state index contributed by atoms with van der Waals surface area (Å²) in [5, 5.41) is 12.4. The van der Waals surface area contributed by atoms with Crippen LogP contribution in [0.15, 0.2) is 71.9 Å². The molecule has 0 heterocycles. The molecule has 3 aromatic carbocycles. The zero-order valence-electron chi connectivity index (χ0n) is 17.6. The van der Waals surface area contributed by atoms with Gasteiger partial charge in [0.05, 0.1) is 6.21 Å². The van der Waals surface area contributed by atoms with Crippen molar-refractivity contribution in [2.45, 2.75) is 27.1 Å². The summed E-state index contributed by atoms with van der Waals surface area (Å²) in [6.45, 7) is 4.40. The van der Waals surface area contributed by atoms with Crippen LogP contribution >= 0.6 is 0 Å². The second-order valence-corrected chi connectivity index (χ2v) is 7.19. The first kappa shape index (κ1) is 21.9. The van der Waals surface area contributed by atoms with E-state index in [1.165, 1.54) is 17.3 Å². The van der Waals surface area contributed by atoms with E-state index in [2.05, 4.69) is 5.16 Å². The summed E-state index contributed by atoms with van der Waals surface area (Å²) in [4.78, 5) is 15.3. The Morgan fingerprint density at radius 3 is 1.77 bits per heavy atom. The van der Waals surface area contributed by atoms with E-state index in [4.69, 9.17) is 19.4 Å². The van der Waals surface area contributed by atoms with Gasteiger partial charge in [-0.15, -0.1) is 0 Å². The van der Waals surface area contributed by atoms with E-state index in [-0.39, 0.29) is 0 Å². The summed E-state index contributed by atoms with van der Waals surface area (Å²) < 4.78 is 11.9. The molecule has 6 heteroatoms. The largest absolute Gasteiger partial charge is 0.489 e. The highest BCUT2D eigenvalue weighted by atomic mass is 16.6. The normalized spacial score (nSPS) is 10.8. The number of hydrogen-bond acceptors (Lipinski definition) is 5. The molecule has 3 aromatic rings. The summed E-state index contributed by atoms with van der Waals surface area (Å²) in [6.07, 6.45) is 1.43. The van der Waals surface area contributed by atoms with Gasteiger partial charge in [-0.1, -0.05) is 64.8 Å². The Morgan fingerprint density at radius 1 is 0.839 bits per heavy atom. The maximum Gasteiger partial charge on any atom is 0.344 e. The van der Waals surface area contributed by atoms with Crippen molar-refractivity contribution in [3.8, 4) is 11.5 Å². The fourth-order valence-electron chi connectivity index (χ4n) is 2.73. The van der Waals surface area contributed by atoms with E-state index in [1.54, 1.807) is 12.1 Å². The van der Waals surface area contributed by atoms with Gasteiger partial charge in [0, 0.05) is 11.6 Å². The summed E-state index contributed by atoms with van der Waals surface area (Å²) in [5.74, 6) is 0.137. The van der Waals surface area contributed by atoms with Crippen LogP contribution < -0.4 is 9.47 Å². The molecule has 0 saturated heterocycles. The number of benzene rings is 3. The molecule has 0 aliphatic rings. The molecule has 0 radical (unpaired) electrons. The molecule has 0 aromatic heterocycles. The third-order valence-corrected chi connectivity index (χ3v) is 4.42. The predicted octanol–water partition coefficient (Wildman–Crippen LogP) is 4.90. The third kappa shape index (κ3) is 7.51. The fraction of sp³-hybridized carbons (Fsp3) is 0.200. The molecule has 0 aliphatic heterocycles. The second kappa shape index (κ2) is 10.8. The minimum absolute atomic E-state index is 0.411. The molecule has 0 unspecified atom stereocenters. The lowest BCUT2D eigenvalue weighted by Crippen LogP contribution is -2.03. The zero-order chi connectivity index (χ0) is 22.1. The Hall–Kier alpha value is -3.80. The lowest BCUT2D eigenvalue weighted by atomic mass is 10.1. The minimum Gasteiger partial charge on any atom is -0.489 e. The van der Waals surface area contributed by atoms with Gasteiger partial charge in [-0.2, -0.15) is 0 Å². The molecule has 160 valence electrons. The Labute approximate surface area is 181 Å². The van der Waals surface area contributed by atoms with Crippen LogP contribution in [0.2, 0.25) is 0 Å². The molecule has 0 fully saturated rings. The van der Waals surface area contributed by atoms with Crippen molar-refractivity contribution in [3.05, 3.63) is 94.5 Å². The fourth-order valence-corrected chi connectivity index (χ4v) is 2.73. The zero-order valence-corrected chi connectivity index (χ0v) is 17.6. The number of aryl methyl sites for hydroxylation is 2. The summed E-state index contributed by atoms with van der Waals surface area (Å²) in [6, 6.07) is 21.7. The third-order valence-electron chi connectivity index (χ3n) is 4.42. The SMILES string of the molecule is Cc1ccc(COc2cc(/C=N/OCC(=O)O)cc(OCc3ccc(C)cc3)c2)cc1. The van der Waals surface area contributed by atoms with E-state index in [0.717, 1.165) is 11.1 Å². The van der Waals surface area contributed by atoms with Gasteiger partial charge in [0.25, 0.3) is 0 Å². The smallest absolute Gasteiger partial charge is 0.344 e. The number of carboxylic acid groups (broad SMARTS) is 1. The van der Waals surface area contributed by atoms with Crippen LogP contribution in [0.1, 0.15) is 27.8 Å². The van der Waals surface area contributed by atoms with Gasteiger partial charge >= 0.3 is 5.97 Å². The van der Waals surface area contributed by atoms with Gasteiger partial charge in [0.15, 0.2) is 0 Å². The second-order valence-electron chi connectivity index (χ2n) is 7.19. The highest BCUT2D eigenvalue weighted by Crippen LogP contribution is 2.24. The summed E-state index contributed by atoms with van der Waals surface area (Å²) >= 11 is 0. The molecule has 0 amide bonds. The maximum absolute atomic E-state index is 10.6. The monoisotopic (exact) mass is 419 g/mol. The first-order chi connectivity index (χ1) is 15.0. The topological polar surface area (TPSA) is 77.4 Å². The molecular formula is C25H25NO5. The summed E-state index contributed by atoms with van der Waals surface area (Å²) in [5.41, 5.74) is 5.16. The van der Waals surface area contributed by atoms with Crippen molar-refractivity contribution in [1.29, 1.82) is 0 Å². The van der Waals surface area contributed by atoms with E-state index < -0.39 is 12.6 Å². The molecular weight excluding hydrogens is 394 g/mol. The number of carbonyl (C=O) groups is 1. The lowest BCUT2D eigenvalue weighted by molar-refractivity contribution is -0.142. The maximum atomic E-state index is 10.6. The van der Waals surface area contributed by atoms with E-state index in [1.807, 2.05) is 68.4 Å². The van der Waals surface area contributed by atoms with Crippen molar-refractivity contribution in [1.82, 2.24) is 0 Å². The number of carboxylic acids is 1. The van der Waals surface area contributed by atoms with Crippen LogP contribution in [0.25, 0.3) is 0 Å². The molecule has 3 rings (SSSR count). The first-order valence-electron chi connectivity index (χ1n) is 9.87. The molecule has 0 atom stereocenters. The number of nitrogens with zero attached hydrogens (tertiary/aromatic N) is 1. The van der Waals surface area contributed by atoms with Gasteiger partial charge in [-0.05, 0) is 37.1 Å². The van der Waals surface area contributed by atoms with Gasteiger partial charge in [0.1, 0.15) is 24.7 Å². The van der Waals surface area contributed by atoms with Crippen LogP contribution in [-0.2, 0) is 22.8 Å². The van der Waals surface area contributed by atoms with Crippen LogP contribution in [0, 0.1) is 13.8 Å². The van der Waals surface area contributed by atoms with Crippen molar-refractivity contribution < 1.29 is 24.2 Å². The Balaban J connectivity index is 1.72. The number of ether oxygens (including phenoxy) is 2. The molecule has 1 N–H and O–H groups in total. The molecule has 0 aliphatic carbocycles. The lowest BCUT2D eigenvalue weighted by Gasteiger charge is -2.12. The molecule has 0 saturated carbocycles. The molecule has 0 bridgehead atoms. The number of hydrogen-bond donors (Lipinski definition) is 1. The van der Waals surface area contributed by atoms with Crippen molar-refractivity contribution in [2.75, 3.05) is 6.61 Å². The Morgan fingerprint density at radius 2 is 1.32 bits per heavy atom. The number of aliphatic carboxylic acids is 1. The van der Waals surface area contributed by atoms with Gasteiger partial charge in [-0.25, -0.2) is 4.79 Å². The van der Waals surface area contributed by atoms with Crippen LogP contribution in [-0.4, -0.2) is 23.9 Å². The van der Waals surface area contributed by atoms with Crippen molar-refractivity contribution in [2.24, 2.45) is 5.16 Å². The average Bonchev–Trinajstić information content (AvgIpc) is 2.76. The van der Waals surface area contributed by atoms with Gasteiger partial charge in [-0.3, -0.25) is 0 Å².